The van der Waals surface area contributed by atoms with Crippen molar-refractivity contribution in [3.8, 4) is 0 Å². The van der Waals surface area contributed by atoms with Crippen LogP contribution in [-0.2, 0) is 0 Å². The predicted octanol–water partition coefficient (Wildman–Crippen LogP) is 3.99. The summed E-state index contributed by atoms with van der Waals surface area (Å²) in [5.41, 5.74) is 5.65. The van der Waals surface area contributed by atoms with E-state index in [2.05, 4.69) is 47.5 Å². The molecule has 0 spiro atoms. The Morgan fingerprint density at radius 3 is 2.17 bits per heavy atom. The van der Waals surface area contributed by atoms with Gasteiger partial charge in [0, 0.05) is 11.4 Å². The number of hydrogen-bond acceptors (Lipinski definition) is 1. The van der Waals surface area contributed by atoms with E-state index in [1.165, 1.54) is 28.8 Å². The Hall–Kier alpha value is -1.40. The highest BCUT2D eigenvalue weighted by Crippen LogP contribution is 2.25. The topological polar surface area (TPSA) is 12.0 Å². The standard InChI is InChI=1S/C15H17FNP/c1-9-6-10(2)15(11(3)7-9)17-13-5-4-12(16)8-14(13)18/h4-8,17H,18H2,1-3H3. The Bertz CT molecular complexity index is 570. The normalized spacial score (nSPS) is 10.5. The van der Waals surface area contributed by atoms with Crippen LogP contribution in [0.5, 0.6) is 0 Å². The maximum absolute atomic E-state index is 13.1. The van der Waals surface area contributed by atoms with Crippen LogP contribution in [-0.4, -0.2) is 0 Å². The first-order valence-electron chi connectivity index (χ1n) is 5.87. The number of rotatable bonds is 2. The molecule has 94 valence electrons. The molecule has 3 heteroatoms. The van der Waals surface area contributed by atoms with Crippen LogP contribution in [0, 0.1) is 26.6 Å². The summed E-state index contributed by atoms with van der Waals surface area (Å²) in [6.45, 7) is 6.24. The monoisotopic (exact) mass is 261 g/mol. The second kappa shape index (κ2) is 5.07. The molecule has 0 heterocycles. The molecule has 0 bridgehead atoms. The first-order valence-corrected chi connectivity index (χ1v) is 6.45. The number of aryl methyl sites for hydroxylation is 3. The van der Waals surface area contributed by atoms with E-state index < -0.39 is 0 Å². The summed E-state index contributed by atoms with van der Waals surface area (Å²) >= 11 is 0. The van der Waals surface area contributed by atoms with Crippen LogP contribution in [0.4, 0.5) is 15.8 Å². The van der Waals surface area contributed by atoms with Gasteiger partial charge in [-0.15, -0.1) is 9.24 Å². The van der Waals surface area contributed by atoms with E-state index in [1.807, 2.05) is 0 Å². The summed E-state index contributed by atoms with van der Waals surface area (Å²) in [6.07, 6.45) is 0. The van der Waals surface area contributed by atoms with Crippen LogP contribution in [0.2, 0.25) is 0 Å². The second-order valence-corrected chi connectivity index (χ2v) is 5.25. The fourth-order valence-corrected chi connectivity index (χ4v) is 2.49. The van der Waals surface area contributed by atoms with Gasteiger partial charge in [-0.2, -0.15) is 0 Å². The van der Waals surface area contributed by atoms with E-state index in [9.17, 15) is 4.39 Å². The number of halogens is 1. The zero-order valence-corrected chi connectivity index (χ0v) is 12.0. The van der Waals surface area contributed by atoms with Crippen LogP contribution in [0.15, 0.2) is 30.3 Å². The molecule has 1 atom stereocenters. The lowest BCUT2D eigenvalue weighted by Crippen LogP contribution is -2.05. The number of nitrogens with one attached hydrogen (secondary N) is 1. The van der Waals surface area contributed by atoms with Gasteiger partial charge in [-0.25, -0.2) is 4.39 Å². The molecule has 0 fully saturated rings. The molecule has 0 aliphatic carbocycles. The van der Waals surface area contributed by atoms with Gasteiger partial charge in [0.05, 0.1) is 0 Å². The molecular formula is C15H17FNP. The van der Waals surface area contributed by atoms with Crippen LogP contribution in [0.1, 0.15) is 16.7 Å². The van der Waals surface area contributed by atoms with Crippen molar-refractivity contribution in [1.29, 1.82) is 0 Å². The SMILES string of the molecule is Cc1cc(C)c(Nc2ccc(F)cc2P)c(C)c1. The molecule has 0 aliphatic rings. The van der Waals surface area contributed by atoms with Crippen molar-refractivity contribution in [3.63, 3.8) is 0 Å². The third-order valence-electron chi connectivity index (χ3n) is 2.95. The molecule has 1 N–H and O–H groups in total. The van der Waals surface area contributed by atoms with Gasteiger partial charge in [-0.05, 0) is 55.4 Å². The Morgan fingerprint density at radius 1 is 1.00 bits per heavy atom. The molecule has 0 radical (unpaired) electrons. The minimum absolute atomic E-state index is 0.220. The third-order valence-corrected chi connectivity index (χ3v) is 3.43. The van der Waals surface area contributed by atoms with Gasteiger partial charge in [0.2, 0.25) is 0 Å². The van der Waals surface area contributed by atoms with Crippen molar-refractivity contribution in [3.05, 3.63) is 52.8 Å². The van der Waals surface area contributed by atoms with Crippen molar-refractivity contribution in [1.82, 2.24) is 0 Å². The lowest BCUT2D eigenvalue weighted by molar-refractivity contribution is 0.629. The first kappa shape index (κ1) is 13.0. The van der Waals surface area contributed by atoms with Crippen molar-refractivity contribution in [2.75, 3.05) is 5.32 Å². The van der Waals surface area contributed by atoms with Gasteiger partial charge in [-0.1, -0.05) is 17.7 Å². The lowest BCUT2D eigenvalue weighted by atomic mass is 10.0. The molecule has 1 nitrogen and oxygen atoms in total. The first-order chi connectivity index (χ1) is 8.47. The van der Waals surface area contributed by atoms with Crippen LogP contribution in [0.3, 0.4) is 0 Å². The molecular weight excluding hydrogens is 244 g/mol. The quantitative estimate of drug-likeness (QED) is 0.806. The van der Waals surface area contributed by atoms with E-state index in [-0.39, 0.29) is 5.82 Å². The van der Waals surface area contributed by atoms with Crippen LogP contribution >= 0.6 is 9.24 Å². The molecule has 2 aromatic carbocycles. The Labute approximate surface area is 110 Å². The van der Waals surface area contributed by atoms with E-state index in [0.717, 1.165) is 16.7 Å². The third kappa shape index (κ3) is 2.70. The van der Waals surface area contributed by atoms with Crippen LogP contribution in [0.25, 0.3) is 0 Å². The summed E-state index contributed by atoms with van der Waals surface area (Å²) < 4.78 is 13.1. The number of benzene rings is 2. The van der Waals surface area contributed by atoms with Crippen molar-refractivity contribution in [2.45, 2.75) is 20.8 Å². The Morgan fingerprint density at radius 2 is 1.61 bits per heavy atom. The van der Waals surface area contributed by atoms with Gasteiger partial charge < -0.3 is 5.32 Å². The van der Waals surface area contributed by atoms with Crippen LogP contribution < -0.4 is 10.6 Å². The van der Waals surface area contributed by atoms with Gasteiger partial charge in [-0.3, -0.25) is 0 Å². The molecule has 0 saturated heterocycles. The molecule has 0 amide bonds. The average molecular weight is 261 g/mol. The van der Waals surface area contributed by atoms with Crippen molar-refractivity contribution < 1.29 is 4.39 Å². The Balaban J connectivity index is 2.40. The zero-order chi connectivity index (χ0) is 13.3. The minimum Gasteiger partial charge on any atom is -0.355 e. The zero-order valence-electron chi connectivity index (χ0n) is 10.8. The molecule has 2 aromatic rings. The lowest BCUT2D eigenvalue weighted by Gasteiger charge is -2.15. The maximum atomic E-state index is 13.1. The smallest absolute Gasteiger partial charge is 0.123 e. The summed E-state index contributed by atoms with van der Waals surface area (Å²) in [7, 11) is 2.56. The van der Waals surface area contributed by atoms with E-state index in [0.29, 0.717) is 0 Å². The van der Waals surface area contributed by atoms with E-state index >= 15 is 0 Å². The number of hydrogen-bond donors (Lipinski definition) is 1. The van der Waals surface area contributed by atoms with Gasteiger partial charge >= 0.3 is 0 Å². The summed E-state index contributed by atoms with van der Waals surface area (Å²) in [6, 6.07) is 9.01. The fraction of sp³-hybridized carbons (Fsp3) is 0.200. The van der Waals surface area contributed by atoms with Crippen molar-refractivity contribution >= 4 is 25.9 Å². The van der Waals surface area contributed by atoms with Gasteiger partial charge in [0.1, 0.15) is 5.82 Å². The highest BCUT2D eigenvalue weighted by Gasteiger charge is 2.06. The van der Waals surface area contributed by atoms with E-state index in [4.69, 9.17) is 0 Å². The van der Waals surface area contributed by atoms with Gasteiger partial charge in [0.15, 0.2) is 0 Å². The molecule has 0 aliphatic heterocycles. The van der Waals surface area contributed by atoms with Gasteiger partial charge in [0.25, 0.3) is 0 Å². The highest BCUT2D eigenvalue weighted by atomic mass is 31.0. The summed E-state index contributed by atoms with van der Waals surface area (Å²) in [5.74, 6) is -0.220. The largest absolute Gasteiger partial charge is 0.355 e. The predicted molar refractivity (Wildman–Crippen MR) is 79.7 cm³/mol. The molecule has 0 saturated carbocycles. The van der Waals surface area contributed by atoms with E-state index in [1.54, 1.807) is 6.07 Å². The molecule has 1 unspecified atom stereocenters. The summed E-state index contributed by atoms with van der Waals surface area (Å²) in [5, 5.41) is 4.20. The average Bonchev–Trinajstić information content (AvgIpc) is 2.25. The number of anilines is 2. The Kier molecular flexibility index (Phi) is 3.68. The maximum Gasteiger partial charge on any atom is 0.123 e. The summed E-state index contributed by atoms with van der Waals surface area (Å²) in [4.78, 5) is 0. The fourth-order valence-electron chi connectivity index (χ4n) is 2.16. The highest BCUT2D eigenvalue weighted by molar-refractivity contribution is 7.28. The van der Waals surface area contributed by atoms with Crippen molar-refractivity contribution in [2.24, 2.45) is 0 Å². The molecule has 2 rings (SSSR count). The minimum atomic E-state index is -0.220. The second-order valence-electron chi connectivity index (χ2n) is 4.63. The molecule has 0 aromatic heterocycles. The molecule has 18 heavy (non-hydrogen) atoms.